The van der Waals surface area contributed by atoms with E-state index >= 15 is 0 Å². The van der Waals surface area contributed by atoms with E-state index in [1.807, 2.05) is 12.1 Å². The minimum absolute atomic E-state index is 0.224. The van der Waals surface area contributed by atoms with E-state index in [1.54, 1.807) is 6.07 Å². The molecule has 0 saturated carbocycles. The van der Waals surface area contributed by atoms with Gasteiger partial charge in [0.05, 0.1) is 0 Å². The number of hydrogen-bond acceptors (Lipinski definition) is 2. The maximum atomic E-state index is 10.1. The van der Waals surface area contributed by atoms with Gasteiger partial charge in [0.25, 0.3) is 0 Å². The van der Waals surface area contributed by atoms with Crippen LogP contribution in [-0.2, 0) is 0 Å². The van der Waals surface area contributed by atoms with Gasteiger partial charge < -0.3 is 5.11 Å². The Morgan fingerprint density at radius 3 is 2.05 bits per heavy atom. The molecule has 0 bridgehead atoms. The highest BCUT2D eigenvalue weighted by atomic mass is 79.9. The van der Waals surface area contributed by atoms with E-state index in [4.69, 9.17) is 0 Å². The number of phenols is 1. The summed E-state index contributed by atoms with van der Waals surface area (Å²) in [6.45, 7) is 13.2. The van der Waals surface area contributed by atoms with E-state index in [2.05, 4.69) is 55.4 Å². The molecule has 0 aromatic heterocycles. The zero-order valence-corrected chi connectivity index (χ0v) is 14.2. The van der Waals surface area contributed by atoms with E-state index in [0.29, 0.717) is 17.6 Å². The van der Waals surface area contributed by atoms with Gasteiger partial charge in [0.15, 0.2) is 0 Å². The van der Waals surface area contributed by atoms with Gasteiger partial charge in [-0.05, 0) is 37.0 Å². The Kier molecular flexibility index (Phi) is 6.34. The van der Waals surface area contributed by atoms with E-state index < -0.39 is 0 Å². The number of aromatic hydroxyl groups is 1. The highest BCUT2D eigenvalue weighted by Crippen LogP contribution is 2.31. The summed E-state index contributed by atoms with van der Waals surface area (Å²) in [5.74, 6) is 1.62. The largest absolute Gasteiger partial charge is 0.508 e. The van der Waals surface area contributed by atoms with Crippen LogP contribution < -0.4 is 0 Å². The van der Waals surface area contributed by atoms with Gasteiger partial charge in [0, 0.05) is 29.2 Å². The van der Waals surface area contributed by atoms with Crippen LogP contribution in [0.5, 0.6) is 5.75 Å². The summed E-state index contributed by atoms with van der Waals surface area (Å²) in [5, 5.41) is 10.1. The van der Waals surface area contributed by atoms with Crippen molar-refractivity contribution < 1.29 is 5.11 Å². The fraction of sp³-hybridized carbons (Fsp3) is 0.625. The van der Waals surface area contributed by atoms with Crippen molar-refractivity contribution in [3.63, 3.8) is 0 Å². The standard InChI is InChI=1S/C16H26BrNO/c1-11(2)9-18(10-12(3)4)13(5)15-8-14(17)6-7-16(15)19/h6-8,11-13,19H,9-10H2,1-5H3. The number of nitrogens with zero attached hydrogens (tertiary/aromatic N) is 1. The average Bonchev–Trinajstić information content (AvgIpc) is 2.29. The maximum Gasteiger partial charge on any atom is 0.120 e. The van der Waals surface area contributed by atoms with Crippen LogP contribution in [0, 0.1) is 11.8 Å². The second kappa shape index (κ2) is 7.30. The van der Waals surface area contributed by atoms with Crippen LogP contribution in [0.1, 0.15) is 46.2 Å². The minimum atomic E-state index is 0.224. The molecule has 108 valence electrons. The molecule has 0 aliphatic heterocycles. The average molecular weight is 328 g/mol. The predicted molar refractivity (Wildman–Crippen MR) is 85.5 cm³/mol. The summed E-state index contributed by atoms with van der Waals surface area (Å²) in [6.07, 6.45) is 0. The maximum absolute atomic E-state index is 10.1. The van der Waals surface area contributed by atoms with Crippen LogP contribution in [0.4, 0.5) is 0 Å². The van der Waals surface area contributed by atoms with Crippen molar-refractivity contribution in [3.8, 4) is 5.75 Å². The lowest BCUT2D eigenvalue weighted by molar-refractivity contribution is 0.165. The van der Waals surface area contributed by atoms with Gasteiger partial charge in [-0.15, -0.1) is 0 Å². The molecule has 0 aliphatic rings. The molecule has 19 heavy (non-hydrogen) atoms. The first-order valence-corrected chi connectivity index (χ1v) is 7.83. The summed E-state index contributed by atoms with van der Waals surface area (Å²) >= 11 is 3.49. The van der Waals surface area contributed by atoms with Crippen LogP contribution in [-0.4, -0.2) is 23.1 Å². The number of rotatable bonds is 6. The van der Waals surface area contributed by atoms with Crippen LogP contribution in [0.25, 0.3) is 0 Å². The SMILES string of the molecule is CC(C)CN(CC(C)C)C(C)c1cc(Br)ccc1O. The zero-order chi connectivity index (χ0) is 14.6. The molecule has 0 aliphatic carbocycles. The van der Waals surface area contributed by atoms with Crippen LogP contribution in [0.15, 0.2) is 22.7 Å². The van der Waals surface area contributed by atoms with Crippen molar-refractivity contribution in [1.29, 1.82) is 0 Å². The molecule has 0 heterocycles. The zero-order valence-electron chi connectivity index (χ0n) is 12.7. The predicted octanol–water partition coefficient (Wildman–Crippen LogP) is 4.83. The summed E-state index contributed by atoms with van der Waals surface area (Å²) in [7, 11) is 0. The molecule has 0 radical (unpaired) electrons. The van der Waals surface area contributed by atoms with E-state index in [-0.39, 0.29) is 6.04 Å². The highest BCUT2D eigenvalue weighted by Gasteiger charge is 2.20. The molecule has 1 atom stereocenters. The third-order valence-electron chi connectivity index (χ3n) is 3.19. The first-order valence-electron chi connectivity index (χ1n) is 7.03. The summed E-state index contributed by atoms with van der Waals surface area (Å²) in [6, 6.07) is 5.88. The van der Waals surface area contributed by atoms with Crippen LogP contribution in [0.3, 0.4) is 0 Å². The minimum Gasteiger partial charge on any atom is -0.508 e. The summed E-state index contributed by atoms with van der Waals surface area (Å²) in [4.78, 5) is 2.46. The first kappa shape index (κ1) is 16.5. The van der Waals surface area contributed by atoms with Crippen molar-refractivity contribution >= 4 is 15.9 Å². The van der Waals surface area contributed by atoms with Crippen LogP contribution in [0.2, 0.25) is 0 Å². The monoisotopic (exact) mass is 327 g/mol. The molecule has 3 heteroatoms. The molecule has 1 N–H and O–H groups in total. The Labute approximate surface area is 126 Å². The van der Waals surface area contributed by atoms with Crippen molar-refractivity contribution in [2.45, 2.75) is 40.7 Å². The fourth-order valence-electron chi connectivity index (χ4n) is 2.39. The van der Waals surface area contributed by atoms with Gasteiger partial charge >= 0.3 is 0 Å². The van der Waals surface area contributed by atoms with Crippen molar-refractivity contribution in [3.05, 3.63) is 28.2 Å². The lowest BCUT2D eigenvalue weighted by Gasteiger charge is -2.32. The Morgan fingerprint density at radius 1 is 1.05 bits per heavy atom. The third-order valence-corrected chi connectivity index (χ3v) is 3.68. The molecule has 0 amide bonds. The molecule has 0 spiro atoms. The Hall–Kier alpha value is -0.540. The van der Waals surface area contributed by atoms with E-state index in [1.165, 1.54) is 0 Å². The van der Waals surface area contributed by atoms with E-state index in [0.717, 1.165) is 23.1 Å². The van der Waals surface area contributed by atoms with Gasteiger partial charge in [-0.2, -0.15) is 0 Å². The second-order valence-electron chi connectivity index (χ2n) is 6.12. The van der Waals surface area contributed by atoms with Crippen LogP contribution >= 0.6 is 15.9 Å². The Bertz CT molecular complexity index is 394. The van der Waals surface area contributed by atoms with E-state index in [9.17, 15) is 5.11 Å². The molecule has 1 rings (SSSR count). The quantitative estimate of drug-likeness (QED) is 0.808. The number of hydrogen-bond donors (Lipinski definition) is 1. The summed E-state index contributed by atoms with van der Waals surface area (Å²) < 4.78 is 1.01. The first-order chi connectivity index (χ1) is 8.81. The van der Waals surface area contributed by atoms with Crippen molar-refractivity contribution in [2.24, 2.45) is 11.8 Å². The molecule has 1 aromatic carbocycles. The second-order valence-corrected chi connectivity index (χ2v) is 7.04. The molecular formula is C16H26BrNO. The topological polar surface area (TPSA) is 23.5 Å². The normalized spacial score (nSPS) is 13.5. The fourth-order valence-corrected chi connectivity index (χ4v) is 2.76. The molecule has 1 unspecified atom stereocenters. The molecular weight excluding hydrogens is 302 g/mol. The van der Waals surface area contributed by atoms with Gasteiger partial charge in [0.1, 0.15) is 5.75 Å². The molecule has 0 saturated heterocycles. The number of phenolic OH excluding ortho intramolecular Hbond substituents is 1. The molecule has 2 nitrogen and oxygen atoms in total. The van der Waals surface area contributed by atoms with Gasteiger partial charge in [-0.1, -0.05) is 43.6 Å². The Morgan fingerprint density at radius 2 is 1.58 bits per heavy atom. The number of benzene rings is 1. The smallest absolute Gasteiger partial charge is 0.120 e. The lowest BCUT2D eigenvalue weighted by Crippen LogP contribution is -2.33. The van der Waals surface area contributed by atoms with Crippen molar-refractivity contribution in [1.82, 2.24) is 4.90 Å². The van der Waals surface area contributed by atoms with Crippen molar-refractivity contribution in [2.75, 3.05) is 13.1 Å². The van der Waals surface area contributed by atoms with Gasteiger partial charge in [-0.3, -0.25) is 4.90 Å². The summed E-state index contributed by atoms with van der Waals surface area (Å²) in [5.41, 5.74) is 0.996. The highest BCUT2D eigenvalue weighted by molar-refractivity contribution is 9.10. The van der Waals surface area contributed by atoms with Gasteiger partial charge in [0.2, 0.25) is 0 Å². The molecule has 0 fully saturated rings. The number of halogens is 1. The molecule has 1 aromatic rings. The lowest BCUT2D eigenvalue weighted by atomic mass is 10.0. The van der Waals surface area contributed by atoms with Gasteiger partial charge in [-0.25, -0.2) is 0 Å². The Balaban J connectivity index is 2.96. The third kappa shape index (κ3) is 5.15.